The van der Waals surface area contributed by atoms with Crippen molar-refractivity contribution in [3.05, 3.63) is 54.6 Å². The Labute approximate surface area is 142 Å². The molecule has 1 N–H and O–H groups in total. The number of nitrogens with one attached hydrogen (secondary N) is 1. The number of amides is 2. The molecule has 0 aliphatic carbocycles. The minimum absolute atomic E-state index is 0.0835. The molecular formula is C19H23N3O2. The second-order valence-electron chi connectivity index (χ2n) is 5.86. The average Bonchev–Trinajstić information content (AvgIpc) is 2.56. The monoisotopic (exact) mass is 325 g/mol. The lowest BCUT2D eigenvalue weighted by atomic mass is 10.1. The molecule has 1 aliphatic rings. The fraction of sp³-hybridized carbons (Fsp3) is 0.316. The molecule has 5 heteroatoms. The van der Waals surface area contributed by atoms with Crippen LogP contribution in [0.2, 0.25) is 0 Å². The Morgan fingerprint density at radius 3 is 2.54 bits per heavy atom. The molecule has 1 fully saturated rings. The Morgan fingerprint density at radius 1 is 1.17 bits per heavy atom. The highest BCUT2D eigenvalue weighted by atomic mass is 16.5. The summed E-state index contributed by atoms with van der Waals surface area (Å²) in [6, 6.07) is 18.0. The van der Waals surface area contributed by atoms with Gasteiger partial charge in [0.15, 0.2) is 0 Å². The Bertz CT molecular complexity index is 684. The Morgan fingerprint density at radius 2 is 1.83 bits per heavy atom. The van der Waals surface area contributed by atoms with Crippen molar-refractivity contribution in [3.63, 3.8) is 0 Å². The first-order valence-electron chi connectivity index (χ1n) is 8.24. The van der Waals surface area contributed by atoms with Crippen LogP contribution in [0, 0.1) is 0 Å². The number of hydrogen-bond donors (Lipinski definition) is 1. The number of urea groups is 1. The van der Waals surface area contributed by atoms with Crippen LogP contribution in [0.25, 0.3) is 0 Å². The summed E-state index contributed by atoms with van der Waals surface area (Å²) in [7, 11) is 2.07. The molecule has 126 valence electrons. The quantitative estimate of drug-likeness (QED) is 0.916. The van der Waals surface area contributed by atoms with Gasteiger partial charge in [0.05, 0.1) is 18.3 Å². The first-order valence-corrected chi connectivity index (χ1v) is 8.24. The highest BCUT2D eigenvalue weighted by molar-refractivity contribution is 5.91. The lowest BCUT2D eigenvalue weighted by molar-refractivity contribution is 0.163. The molecule has 0 spiro atoms. The number of hydrogen-bond acceptors (Lipinski definition) is 3. The lowest BCUT2D eigenvalue weighted by Crippen LogP contribution is -2.61. The molecule has 5 nitrogen and oxygen atoms in total. The summed E-state index contributed by atoms with van der Waals surface area (Å²) in [5.74, 6) is 0.701. The van der Waals surface area contributed by atoms with E-state index in [4.69, 9.17) is 4.74 Å². The standard InChI is InChI=1S/C19H23N3O2/c1-3-24-18-12-8-7-11-17(18)20-19(23)22-13-16(14-22)21(2)15-9-5-4-6-10-15/h4-12,16H,3,13-14H2,1-2H3,(H,20,23). The van der Waals surface area contributed by atoms with Crippen molar-refractivity contribution in [2.45, 2.75) is 13.0 Å². The third-order valence-corrected chi connectivity index (χ3v) is 4.29. The van der Waals surface area contributed by atoms with Crippen LogP contribution in [0.3, 0.4) is 0 Å². The molecule has 2 amide bonds. The van der Waals surface area contributed by atoms with Gasteiger partial charge in [-0.1, -0.05) is 30.3 Å². The van der Waals surface area contributed by atoms with Crippen molar-refractivity contribution >= 4 is 17.4 Å². The van der Waals surface area contributed by atoms with Gasteiger partial charge in [-0.05, 0) is 31.2 Å². The van der Waals surface area contributed by atoms with E-state index < -0.39 is 0 Å². The van der Waals surface area contributed by atoms with Crippen LogP contribution < -0.4 is 15.0 Å². The first-order chi connectivity index (χ1) is 11.7. The minimum Gasteiger partial charge on any atom is -0.492 e. The smallest absolute Gasteiger partial charge is 0.322 e. The highest BCUT2D eigenvalue weighted by Crippen LogP contribution is 2.26. The summed E-state index contributed by atoms with van der Waals surface area (Å²) in [4.78, 5) is 16.4. The van der Waals surface area contributed by atoms with Gasteiger partial charge >= 0.3 is 6.03 Å². The summed E-state index contributed by atoms with van der Waals surface area (Å²) in [5, 5.41) is 2.94. The number of nitrogens with zero attached hydrogens (tertiary/aromatic N) is 2. The van der Waals surface area contributed by atoms with Gasteiger partial charge < -0.3 is 19.9 Å². The largest absolute Gasteiger partial charge is 0.492 e. The van der Waals surface area contributed by atoms with Gasteiger partial charge in [-0.2, -0.15) is 0 Å². The predicted molar refractivity (Wildman–Crippen MR) is 96.8 cm³/mol. The van der Waals surface area contributed by atoms with Crippen molar-refractivity contribution in [2.24, 2.45) is 0 Å². The molecule has 0 bridgehead atoms. The van der Waals surface area contributed by atoms with Gasteiger partial charge in [0.25, 0.3) is 0 Å². The van der Waals surface area contributed by atoms with Crippen LogP contribution in [-0.4, -0.2) is 43.7 Å². The summed E-state index contributed by atoms with van der Waals surface area (Å²) in [5.41, 5.74) is 1.88. The number of ether oxygens (including phenoxy) is 1. The van der Waals surface area contributed by atoms with E-state index >= 15 is 0 Å². The van der Waals surface area contributed by atoms with Crippen molar-refractivity contribution in [3.8, 4) is 5.75 Å². The first kappa shape index (κ1) is 16.2. The second-order valence-corrected chi connectivity index (χ2v) is 5.86. The zero-order chi connectivity index (χ0) is 16.9. The fourth-order valence-electron chi connectivity index (χ4n) is 2.79. The molecule has 0 aromatic heterocycles. The molecule has 3 rings (SSSR count). The molecule has 2 aromatic rings. The highest BCUT2D eigenvalue weighted by Gasteiger charge is 2.33. The fourth-order valence-corrected chi connectivity index (χ4v) is 2.79. The Balaban J connectivity index is 1.55. The molecule has 0 atom stereocenters. The van der Waals surface area contributed by atoms with E-state index in [1.165, 1.54) is 5.69 Å². The summed E-state index contributed by atoms with van der Waals surface area (Å²) in [6.07, 6.45) is 0. The van der Waals surface area contributed by atoms with Crippen LogP contribution in [-0.2, 0) is 0 Å². The summed E-state index contributed by atoms with van der Waals surface area (Å²) in [6.45, 7) is 3.93. The van der Waals surface area contributed by atoms with Gasteiger partial charge in [0, 0.05) is 25.8 Å². The summed E-state index contributed by atoms with van der Waals surface area (Å²) >= 11 is 0. The van der Waals surface area contributed by atoms with Crippen LogP contribution in [0.4, 0.5) is 16.2 Å². The van der Waals surface area contributed by atoms with Gasteiger partial charge in [0.2, 0.25) is 0 Å². The third kappa shape index (κ3) is 3.45. The van der Waals surface area contributed by atoms with Crippen molar-refractivity contribution in [1.29, 1.82) is 0 Å². The van der Waals surface area contributed by atoms with Gasteiger partial charge in [0.1, 0.15) is 5.75 Å². The van der Waals surface area contributed by atoms with Crippen LogP contribution in [0.15, 0.2) is 54.6 Å². The molecule has 0 unspecified atom stereocenters. The van der Waals surface area contributed by atoms with Crippen molar-refractivity contribution in [1.82, 2.24) is 4.90 Å². The molecule has 1 heterocycles. The number of carbonyl (C=O) groups is 1. The molecule has 24 heavy (non-hydrogen) atoms. The number of rotatable bonds is 5. The SMILES string of the molecule is CCOc1ccccc1NC(=O)N1CC(N(C)c2ccccc2)C1. The second kappa shape index (κ2) is 7.25. The van der Waals surface area contributed by atoms with Crippen molar-refractivity contribution < 1.29 is 9.53 Å². The topological polar surface area (TPSA) is 44.8 Å². The minimum atomic E-state index is -0.0835. The number of anilines is 2. The molecule has 1 aliphatic heterocycles. The number of para-hydroxylation sites is 3. The van der Waals surface area contributed by atoms with Gasteiger partial charge in [-0.3, -0.25) is 0 Å². The van der Waals surface area contributed by atoms with E-state index in [-0.39, 0.29) is 6.03 Å². The molecular weight excluding hydrogens is 302 g/mol. The van der Waals surface area contributed by atoms with E-state index in [0.29, 0.717) is 37.2 Å². The maximum atomic E-state index is 12.4. The van der Waals surface area contributed by atoms with Crippen LogP contribution in [0.5, 0.6) is 5.75 Å². The van der Waals surface area contributed by atoms with Gasteiger partial charge in [-0.25, -0.2) is 4.79 Å². The summed E-state index contributed by atoms with van der Waals surface area (Å²) < 4.78 is 5.54. The lowest BCUT2D eigenvalue weighted by Gasteiger charge is -2.44. The number of likely N-dealkylation sites (tertiary alicyclic amines) is 1. The number of carbonyl (C=O) groups excluding carboxylic acids is 1. The van der Waals surface area contributed by atoms with E-state index in [9.17, 15) is 4.79 Å². The van der Waals surface area contributed by atoms with Crippen molar-refractivity contribution in [2.75, 3.05) is 37.0 Å². The molecule has 0 radical (unpaired) electrons. The number of likely N-dealkylation sites (N-methyl/N-ethyl adjacent to an activating group) is 1. The average molecular weight is 325 g/mol. The Hall–Kier alpha value is -2.69. The van der Waals surface area contributed by atoms with E-state index in [2.05, 4.69) is 29.4 Å². The predicted octanol–water partition coefficient (Wildman–Crippen LogP) is 3.44. The third-order valence-electron chi connectivity index (χ3n) is 4.29. The van der Waals surface area contributed by atoms with Crippen LogP contribution in [0.1, 0.15) is 6.92 Å². The van der Waals surface area contributed by atoms with Crippen LogP contribution >= 0.6 is 0 Å². The normalized spacial score (nSPS) is 14.0. The zero-order valence-corrected chi connectivity index (χ0v) is 14.1. The molecule has 1 saturated heterocycles. The maximum absolute atomic E-state index is 12.4. The van der Waals surface area contributed by atoms with E-state index in [1.807, 2.05) is 54.3 Å². The van der Waals surface area contributed by atoms with Gasteiger partial charge in [-0.15, -0.1) is 0 Å². The zero-order valence-electron chi connectivity index (χ0n) is 14.1. The molecule has 2 aromatic carbocycles. The van der Waals surface area contributed by atoms with E-state index in [1.54, 1.807) is 0 Å². The Kier molecular flexibility index (Phi) is 4.89. The molecule has 0 saturated carbocycles. The number of benzene rings is 2. The maximum Gasteiger partial charge on any atom is 0.322 e. The van der Waals surface area contributed by atoms with E-state index in [0.717, 1.165) is 0 Å².